The molecule has 0 saturated carbocycles. The number of carbonyl (C=O) groups excluding carboxylic acids is 1. The number of hydrogen-bond acceptors (Lipinski definition) is 8. The number of carbonyl (C=O) groups is 1. The Labute approximate surface area is 194 Å². The standard InChI is InChI=1S/C21H27F2N7O2S/c1-27-19(30-7-6-11(25)8-12(10-30)32-2)15(9-24)28-20(31)17-18(26)33-21(29-17)16-13(22)4-3-5-14(16)23/h3-5,9,11-12,15,24H,6-8,10,25-26H2,1-2H3,(H,28,31). The smallest absolute Gasteiger partial charge is 0.273 e. The van der Waals surface area contributed by atoms with E-state index in [0.29, 0.717) is 31.8 Å². The molecule has 3 atom stereocenters. The maximum atomic E-state index is 14.1. The molecule has 3 rings (SSSR count). The lowest BCUT2D eigenvalue weighted by Crippen LogP contribution is -2.51. The van der Waals surface area contributed by atoms with Gasteiger partial charge in [-0.05, 0) is 25.0 Å². The van der Waals surface area contributed by atoms with Crippen molar-refractivity contribution in [3.63, 3.8) is 0 Å². The Bertz CT molecular complexity index is 1030. The number of nitrogens with two attached hydrogens (primary N) is 2. The number of amidine groups is 1. The maximum Gasteiger partial charge on any atom is 0.273 e. The predicted molar refractivity (Wildman–Crippen MR) is 125 cm³/mol. The zero-order valence-electron chi connectivity index (χ0n) is 18.3. The minimum Gasteiger partial charge on any atom is -0.389 e. The van der Waals surface area contributed by atoms with Crippen molar-refractivity contribution < 1.29 is 18.3 Å². The lowest BCUT2D eigenvalue weighted by molar-refractivity contribution is 0.0805. The van der Waals surface area contributed by atoms with Crippen molar-refractivity contribution >= 4 is 34.3 Å². The van der Waals surface area contributed by atoms with Crippen LogP contribution in [-0.2, 0) is 4.74 Å². The van der Waals surface area contributed by atoms with Crippen molar-refractivity contribution in [3.05, 3.63) is 35.5 Å². The number of aromatic nitrogens is 1. The minimum absolute atomic E-state index is 0.00376. The monoisotopic (exact) mass is 479 g/mol. The van der Waals surface area contributed by atoms with Crippen molar-refractivity contribution in [2.24, 2.45) is 10.7 Å². The fourth-order valence-corrected chi connectivity index (χ4v) is 4.62. The van der Waals surface area contributed by atoms with Gasteiger partial charge in [0, 0.05) is 39.5 Å². The van der Waals surface area contributed by atoms with Crippen LogP contribution in [0.15, 0.2) is 23.2 Å². The molecule has 6 N–H and O–H groups in total. The third-order valence-corrected chi connectivity index (χ3v) is 6.32. The van der Waals surface area contributed by atoms with Gasteiger partial charge in [0.1, 0.15) is 33.5 Å². The number of nitrogens with one attached hydrogen (secondary N) is 2. The summed E-state index contributed by atoms with van der Waals surface area (Å²) in [4.78, 5) is 23.2. The van der Waals surface area contributed by atoms with Gasteiger partial charge in [0.15, 0.2) is 5.69 Å². The van der Waals surface area contributed by atoms with E-state index in [1.807, 2.05) is 4.90 Å². The van der Waals surface area contributed by atoms with E-state index in [2.05, 4.69) is 15.3 Å². The Balaban J connectivity index is 1.82. The predicted octanol–water partition coefficient (Wildman–Crippen LogP) is 1.88. The van der Waals surface area contributed by atoms with Crippen LogP contribution in [0, 0.1) is 17.0 Å². The molecule has 33 heavy (non-hydrogen) atoms. The van der Waals surface area contributed by atoms with E-state index < -0.39 is 23.6 Å². The number of rotatable bonds is 6. The highest BCUT2D eigenvalue weighted by atomic mass is 32.1. The average molecular weight is 480 g/mol. The Morgan fingerprint density at radius 1 is 1.45 bits per heavy atom. The highest BCUT2D eigenvalue weighted by Crippen LogP contribution is 2.33. The molecular weight excluding hydrogens is 452 g/mol. The number of ether oxygens (including phenoxy) is 1. The second kappa shape index (κ2) is 10.8. The molecule has 1 aliphatic rings. The zero-order valence-corrected chi connectivity index (χ0v) is 19.2. The molecule has 1 amide bonds. The quantitative estimate of drug-likeness (QED) is 0.368. The molecule has 3 unspecified atom stereocenters. The summed E-state index contributed by atoms with van der Waals surface area (Å²) in [5.74, 6) is -1.83. The summed E-state index contributed by atoms with van der Waals surface area (Å²) < 4.78 is 33.8. The fourth-order valence-electron chi connectivity index (χ4n) is 3.74. The van der Waals surface area contributed by atoms with Crippen LogP contribution >= 0.6 is 11.3 Å². The molecule has 2 heterocycles. The van der Waals surface area contributed by atoms with E-state index >= 15 is 0 Å². The molecule has 0 bridgehead atoms. The Kier molecular flexibility index (Phi) is 8.06. The molecule has 0 radical (unpaired) electrons. The second-order valence-corrected chi connectivity index (χ2v) is 8.65. The SMILES string of the molecule is CN=C(C(C=N)NC(=O)c1nc(-c2c(F)cccc2F)sc1N)N1CCC(N)CC(OC)C1. The van der Waals surface area contributed by atoms with Crippen LogP contribution in [0.25, 0.3) is 10.6 Å². The number of halogens is 2. The van der Waals surface area contributed by atoms with E-state index in [1.165, 1.54) is 6.07 Å². The molecule has 2 aromatic rings. The van der Waals surface area contributed by atoms with Crippen LogP contribution in [0.5, 0.6) is 0 Å². The first-order chi connectivity index (χ1) is 15.8. The molecule has 1 saturated heterocycles. The topological polar surface area (TPSA) is 143 Å². The molecule has 1 aliphatic heterocycles. The van der Waals surface area contributed by atoms with E-state index in [0.717, 1.165) is 29.7 Å². The number of likely N-dealkylation sites (tertiary alicyclic amines) is 1. The molecule has 1 aromatic carbocycles. The van der Waals surface area contributed by atoms with Crippen molar-refractivity contribution in [3.8, 4) is 10.6 Å². The highest BCUT2D eigenvalue weighted by molar-refractivity contribution is 7.19. The van der Waals surface area contributed by atoms with Gasteiger partial charge < -0.3 is 31.8 Å². The van der Waals surface area contributed by atoms with E-state index in [1.54, 1.807) is 14.2 Å². The number of methoxy groups -OCH3 is 1. The van der Waals surface area contributed by atoms with E-state index in [9.17, 15) is 13.6 Å². The van der Waals surface area contributed by atoms with Crippen LogP contribution < -0.4 is 16.8 Å². The third kappa shape index (κ3) is 5.52. The first kappa shape index (κ1) is 24.7. The van der Waals surface area contributed by atoms with Gasteiger partial charge in [0.2, 0.25) is 0 Å². The summed E-state index contributed by atoms with van der Waals surface area (Å²) in [7, 11) is 3.18. The molecule has 1 fully saturated rings. The number of hydrogen-bond donors (Lipinski definition) is 4. The van der Waals surface area contributed by atoms with Gasteiger partial charge in [0.05, 0.1) is 11.7 Å². The fraction of sp³-hybridized carbons (Fsp3) is 0.429. The van der Waals surface area contributed by atoms with Crippen LogP contribution in [-0.4, -0.2) is 73.3 Å². The van der Waals surface area contributed by atoms with Crippen molar-refractivity contribution in [2.75, 3.05) is 33.0 Å². The van der Waals surface area contributed by atoms with Gasteiger partial charge in [-0.15, -0.1) is 0 Å². The lowest BCUT2D eigenvalue weighted by atomic mass is 10.1. The van der Waals surface area contributed by atoms with Crippen molar-refractivity contribution in [2.45, 2.75) is 31.0 Å². The largest absolute Gasteiger partial charge is 0.389 e. The molecule has 178 valence electrons. The number of aliphatic imine (C=N–C) groups is 1. The van der Waals surface area contributed by atoms with Crippen LogP contribution in [0.4, 0.5) is 13.8 Å². The maximum absolute atomic E-state index is 14.1. The average Bonchev–Trinajstić information content (AvgIpc) is 3.06. The van der Waals surface area contributed by atoms with Gasteiger partial charge in [-0.2, -0.15) is 0 Å². The number of thiazole rings is 1. The summed E-state index contributed by atoms with van der Waals surface area (Å²) in [6.45, 7) is 1.09. The summed E-state index contributed by atoms with van der Waals surface area (Å²) in [6, 6.07) is 2.54. The van der Waals surface area contributed by atoms with Crippen LogP contribution in [0.1, 0.15) is 23.3 Å². The minimum atomic E-state index is -0.871. The van der Waals surface area contributed by atoms with Gasteiger partial charge in [-0.1, -0.05) is 17.4 Å². The van der Waals surface area contributed by atoms with Gasteiger partial charge in [-0.3, -0.25) is 9.79 Å². The zero-order chi connectivity index (χ0) is 24.1. The highest BCUT2D eigenvalue weighted by Gasteiger charge is 2.29. The van der Waals surface area contributed by atoms with E-state index in [-0.39, 0.29) is 33.4 Å². The summed E-state index contributed by atoms with van der Waals surface area (Å²) in [6.07, 6.45) is 2.32. The normalized spacial score (nSPS) is 20.3. The molecule has 0 aliphatic carbocycles. The number of nitrogens with zero attached hydrogens (tertiary/aromatic N) is 3. The molecule has 9 nitrogen and oxygen atoms in total. The lowest BCUT2D eigenvalue weighted by Gasteiger charge is -2.30. The van der Waals surface area contributed by atoms with Gasteiger partial charge in [-0.25, -0.2) is 13.8 Å². The number of anilines is 1. The van der Waals surface area contributed by atoms with Crippen LogP contribution in [0.3, 0.4) is 0 Å². The summed E-state index contributed by atoms with van der Waals surface area (Å²) >= 11 is 0.805. The second-order valence-electron chi connectivity index (χ2n) is 7.62. The molecular formula is C21H27F2N7O2S. The molecule has 0 spiro atoms. The molecule has 1 aromatic heterocycles. The Morgan fingerprint density at radius 2 is 2.15 bits per heavy atom. The summed E-state index contributed by atoms with van der Waals surface area (Å²) in [5, 5.41) is 10.5. The van der Waals surface area contributed by atoms with E-state index in [4.69, 9.17) is 21.6 Å². The Morgan fingerprint density at radius 3 is 2.76 bits per heavy atom. The first-order valence-electron chi connectivity index (χ1n) is 10.3. The number of benzene rings is 1. The third-order valence-electron chi connectivity index (χ3n) is 5.42. The summed E-state index contributed by atoms with van der Waals surface area (Å²) in [5.41, 5.74) is 11.5. The Hall–Kier alpha value is -2.96. The molecule has 12 heteroatoms. The van der Waals surface area contributed by atoms with Gasteiger partial charge >= 0.3 is 0 Å². The number of nitrogen functional groups attached to an aromatic ring is 1. The van der Waals surface area contributed by atoms with Crippen LogP contribution in [0.2, 0.25) is 0 Å². The van der Waals surface area contributed by atoms with Crippen molar-refractivity contribution in [1.29, 1.82) is 5.41 Å². The number of amides is 1. The first-order valence-corrected chi connectivity index (χ1v) is 11.1. The van der Waals surface area contributed by atoms with Crippen molar-refractivity contribution in [1.82, 2.24) is 15.2 Å². The van der Waals surface area contributed by atoms with Gasteiger partial charge in [0.25, 0.3) is 5.91 Å².